The van der Waals surface area contributed by atoms with E-state index in [-0.39, 0.29) is 23.8 Å². The largest absolute Gasteiger partial charge is 0.458 e. The molecule has 0 saturated heterocycles. The molecule has 0 aromatic carbocycles. The highest BCUT2D eigenvalue weighted by atomic mass is 35.7. The molecule has 0 aliphatic rings. The summed E-state index contributed by atoms with van der Waals surface area (Å²) in [4.78, 5) is 11.6. The quantitative estimate of drug-likeness (QED) is 0.419. The monoisotopic (exact) mass is 338 g/mol. The highest BCUT2D eigenvalue weighted by Gasteiger charge is 2.29. The highest BCUT2D eigenvalue weighted by molar-refractivity contribution is 8.13. The van der Waals surface area contributed by atoms with Crippen LogP contribution in [0, 0.1) is 0 Å². The van der Waals surface area contributed by atoms with Crippen LogP contribution in [-0.2, 0) is 24.9 Å². The number of aromatic nitrogens is 2. The van der Waals surface area contributed by atoms with E-state index in [9.17, 15) is 13.2 Å². The number of nitrogens with one attached hydrogen (secondary N) is 1. The van der Waals surface area contributed by atoms with Crippen LogP contribution in [-0.4, -0.2) is 44.4 Å². The molecule has 0 bridgehead atoms. The second-order valence-corrected chi connectivity index (χ2v) is 6.82. The molecule has 0 atom stereocenters. The first-order valence-corrected chi connectivity index (χ1v) is 8.99. The number of hydrogen-bond acceptors (Lipinski definition) is 6. The summed E-state index contributed by atoms with van der Waals surface area (Å²) in [6.45, 7) is 4.67. The molecular weight excluding hydrogens is 320 g/mol. The standard InChI is InChI=1S/C12H19ClN2O5S/c1-3-5-9-11(21(13,17)18)10(15-14-9)12(16)20-8-7-19-6-4-2/h3-8H2,1-2H3,(H,14,15). The van der Waals surface area contributed by atoms with Crippen molar-refractivity contribution in [3.8, 4) is 0 Å². The number of aromatic amines is 1. The number of halogens is 1. The van der Waals surface area contributed by atoms with Gasteiger partial charge in [0.2, 0.25) is 0 Å². The maximum Gasteiger partial charge on any atom is 0.360 e. The molecule has 0 amide bonds. The van der Waals surface area contributed by atoms with Gasteiger partial charge < -0.3 is 9.47 Å². The molecule has 0 aliphatic heterocycles. The minimum Gasteiger partial charge on any atom is -0.458 e. The average Bonchev–Trinajstić information content (AvgIpc) is 2.82. The smallest absolute Gasteiger partial charge is 0.360 e. The summed E-state index contributed by atoms with van der Waals surface area (Å²) in [6, 6.07) is 0. The molecule has 0 saturated carbocycles. The zero-order chi connectivity index (χ0) is 15.9. The van der Waals surface area contributed by atoms with Gasteiger partial charge in [-0.2, -0.15) is 5.10 Å². The van der Waals surface area contributed by atoms with Crippen LogP contribution >= 0.6 is 10.7 Å². The third-order valence-electron chi connectivity index (χ3n) is 2.54. The number of H-pyrrole nitrogens is 1. The van der Waals surface area contributed by atoms with E-state index in [1.165, 1.54) is 0 Å². The summed E-state index contributed by atoms with van der Waals surface area (Å²) < 4.78 is 33.3. The lowest BCUT2D eigenvalue weighted by Gasteiger charge is -2.05. The summed E-state index contributed by atoms with van der Waals surface area (Å²) in [5.41, 5.74) is -0.00868. The first-order valence-electron chi connectivity index (χ1n) is 6.68. The lowest BCUT2D eigenvalue weighted by Crippen LogP contribution is -2.14. The summed E-state index contributed by atoms with van der Waals surface area (Å²) in [6.07, 6.45) is 1.96. The maximum atomic E-state index is 11.9. The van der Waals surface area contributed by atoms with E-state index in [1.54, 1.807) is 0 Å². The highest BCUT2D eigenvalue weighted by Crippen LogP contribution is 2.24. The van der Waals surface area contributed by atoms with Gasteiger partial charge in [-0.05, 0) is 12.8 Å². The van der Waals surface area contributed by atoms with Crippen LogP contribution in [0.2, 0.25) is 0 Å². The van der Waals surface area contributed by atoms with Crippen molar-refractivity contribution in [2.45, 2.75) is 38.0 Å². The fourth-order valence-corrected chi connectivity index (χ4v) is 3.00. The minimum absolute atomic E-state index is 0.0244. The molecule has 0 aliphatic carbocycles. The lowest BCUT2D eigenvalue weighted by atomic mass is 10.2. The zero-order valence-corrected chi connectivity index (χ0v) is 13.6. The van der Waals surface area contributed by atoms with E-state index < -0.39 is 15.0 Å². The predicted octanol–water partition coefficient (Wildman–Crippen LogP) is 1.87. The Balaban J connectivity index is 2.80. The Labute approximate surface area is 128 Å². The maximum absolute atomic E-state index is 11.9. The minimum atomic E-state index is -4.08. The topological polar surface area (TPSA) is 98.3 Å². The van der Waals surface area contributed by atoms with Crippen LogP contribution in [0.5, 0.6) is 0 Å². The van der Waals surface area contributed by atoms with Crippen molar-refractivity contribution in [2.24, 2.45) is 0 Å². The molecule has 1 N–H and O–H groups in total. The summed E-state index contributed by atoms with van der Waals surface area (Å²) in [5.74, 6) is -0.840. The molecule has 0 fully saturated rings. The van der Waals surface area contributed by atoms with E-state index in [2.05, 4.69) is 10.2 Å². The molecule has 1 aromatic heterocycles. The molecule has 1 aromatic rings. The third kappa shape index (κ3) is 5.29. The van der Waals surface area contributed by atoms with Crippen LogP contribution in [0.4, 0.5) is 0 Å². The first kappa shape index (κ1) is 17.9. The number of nitrogens with zero attached hydrogens (tertiary/aromatic N) is 1. The van der Waals surface area contributed by atoms with E-state index in [1.807, 2.05) is 13.8 Å². The summed E-state index contributed by atoms with van der Waals surface area (Å²) >= 11 is 0. The number of aryl methyl sites for hydroxylation is 1. The van der Waals surface area contributed by atoms with Crippen LogP contribution in [0.15, 0.2) is 4.90 Å². The molecular formula is C12H19ClN2O5S. The van der Waals surface area contributed by atoms with E-state index in [4.69, 9.17) is 20.2 Å². The summed E-state index contributed by atoms with van der Waals surface area (Å²) in [7, 11) is 1.29. The molecule has 120 valence electrons. The van der Waals surface area contributed by atoms with Crippen molar-refractivity contribution < 1.29 is 22.7 Å². The number of carbonyl (C=O) groups is 1. The van der Waals surface area contributed by atoms with Crippen LogP contribution in [0.1, 0.15) is 42.9 Å². The Morgan fingerprint density at radius 1 is 1.24 bits per heavy atom. The van der Waals surface area contributed by atoms with Gasteiger partial charge in [0.25, 0.3) is 9.05 Å². The Morgan fingerprint density at radius 3 is 2.52 bits per heavy atom. The van der Waals surface area contributed by atoms with Crippen molar-refractivity contribution in [3.05, 3.63) is 11.4 Å². The van der Waals surface area contributed by atoms with Crippen molar-refractivity contribution in [1.29, 1.82) is 0 Å². The Kier molecular flexibility index (Phi) is 7.13. The van der Waals surface area contributed by atoms with Gasteiger partial charge in [0.1, 0.15) is 11.5 Å². The number of hydrogen-bond donors (Lipinski definition) is 1. The Morgan fingerprint density at radius 2 is 1.95 bits per heavy atom. The Hall–Kier alpha value is -1.12. The lowest BCUT2D eigenvalue weighted by molar-refractivity contribution is 0.0309. The van der Waals surface area contributed by atoms with Gasteiger partial charge >= 0.3 is 5.97 Å². The van der Waals surface area contributed by atoms with Crippen LogP contribution < -0.4 is 0 Å². The first-order chi connectivity index (χ1) is 9.91. The van der Waals surface area contributed by atoms with Gasteiger partial charge in [-0.25, -0.2) is 13.2 Å². The normalized spacial score (nSPS) is 11.6. The molecule has 1 heterocycles. The van der Waals surface area contributed by atoms with Crippen LogP contribution in [0.3, 0.4) is 0 Å². The second kappa shape index (κ2) is 8.35. The predicted molar refractivity (Wildman–Crippen MR) is 77.0 cm³/mol. The SMILES string of the molecule is CCCOCCOC(=O)c1n[nH]c(CCC)c1S(=O)(=O)Cl. The number of ether oxygens (including phenoxy) is 2. The third-order valence-corrected chi connectivity index (χ3v) is 3.93. The fourth-order valence-electron chi connectivity index (χ4n) is 1.70. The zero-order valence-electron chi connectivity index (χ0n) is 12.0. The average molecular weight is 339 g/mol. The molecule has 0 radical (unpaired) electrons. The van der Waals surface area contributed by atoms with Gasteiger partial charge in [-0.3, -0.25) is 5.10 Å². The summed E-state index contributed by atoms with van der Waals surface area (Å²) in [5, 5.41) is 6.24. The van der Waals surface area contributed by atoms with Gasteiger partial charge in [0.15, 0.2) is 5.69 Å². The van der Waals surface area contributed by atoms with Crippen molar-refractivity contribution >= 4 is 25.7 Å². The van der Waals surface area contributed by atoms with Gasteiger partial charge in [0, 0.05) is 17.3 Å². The van der Waals surface area contributed by atoms with Crippen LogP contribution in [0.25, 0.3) is 0 Å². The van der Waals surface area contributed by atoms with E-state index in [0.717, 1.165) is 6.42 Å². The molecule has 7 nitrogen and oxygen atoms in total. The van der Waals surface area contributed by atoms with Crippen molar-refractivity contribution in [3.63, 3.8) is 0 Å². The molecule has 1 rings (SSSR count). The van der Waals surface area contributed by atoms with Crippen molar-refractivity contribution in [2.75, 3.05) is 19.8 Å². The molecule has 0 spiro atoms. The number of rotatable bonds is 9. The van der Waals surface area contributed by atoms with Gasteiger partial charge in [-0.1, -0.05) is 20.3 Å². The number of esters is 1. The van der Waals surface area contributed by atoms with Gasteiger partial charge in [-0.15, -0.1) is 0 Å². The van der Waals surface area contributed by atoms with Gasteiger partial charge in [0.05, 0.1) is 12.3 Å². The van der Waals surface area contributed by atoms with Crippen molar-refractivity contribution in [1.82, 2.24) is 10.2 Å². The number of carbonyl (C=O) groups excluding carboxylic acids is 1. The Bertz CT molecular complexity index is 570. The molecule has 9 heteroatoms. The van der Waals surface area contributed by atoms with E-state index in [0.29, 0.717) is 25.1 Å². The fraction of sp³-hybridized carbons (Fsp3) is 0.667. The van der Waals surface area contributed by atoms with E-state index >= 15 is 0 Å². The second-order valence-electron chi connectivity index (χ2n) is 4.32. The molecule has 21 heavy (non-hydrogen) atoms. The molecule has 0 unspecified atom stereocenters.